The lowest BCUT2D eigenvalue weighted by Gasteiger charge is -2.12. The van der Waals surface area contributed by atoms with Gasteiger partial charge in [0, 0.05) is 12.5 Å². The van der Waals surface area contributed by atoms with E-state index < -0.39 is 17.8 Å². The van der Waals surface area contributed by atoms with Crippen LogP contribution in [0.2, 0.25) is 0 Å². The average Bonchev–Trinajstić information content (AvgIpc) is 3.03. The molecular weight excluding hydrogens is 288 g/mol. The zero-order valence-electron chi connectivity index (χ0n) is 11.7. The number of imide groups is 1. The second-order valence-electron chi connectivity index (χ2n) is 4.85. The first kappa shape index (κ1) is 14.0. The molecule has 0 spiro atoms. The van der Waals surface area contributed by atoms with Crippen LogP contribution in [-0.2, 0) is 16.1 Å². The van der Waals surface area contributed by atoms with Gasteiger partial charge in [-0.2, -0.15) is 0 Å². The molecule has 1 aliphatic heterocycles. The maximum atomic E-state index is 12.0. The molecule has 1 aromatic carbocycles. The molecule has 0 radical (unpaired) electrons. The van der Waals surface area contributed by atoms with Crippen molar-refractivity contribution in [2.24, 2.45) is 0 Å². The van der Waals surface area contributed by atoms with E-state index in [0.717, 1.165) is 0 Å². The van der Waals surface area contributed by atoms with Gasteiger partial charge < -0.3 is 9.36 Å². The summed E-state index contributed by atoms with van der Waals surface area (Å²) in [6.45, 7) is 1.77. The molecule has 112 valence electrons. The molecule has 1 aromatic heterocycles. The van der Waals surface area contributed by atoms with E-state index in [0.29, 0.717) is 16.5 Å². The summed E-state index contributed by atoms with van der Waals surface area (Å²) < 4.78 is 4.97. The van der Waals surface area contributed by atoms with Gasteiger partial charge in [-0.3, -0.25) is 9.59 Å². The highest BCUT2D eigenvalue weighted by molar-refractivity contribution is 6.20. The minimum absolute atomic E-state index is 0.0258. The maximum absolute atomic E-state index is 12.0. The average molecular weight is 300 g/mol. The van der Waals surface area contributed by atoms with E-state index in [1.54, 1.807) is 25.1 Å². The van der Waals surface area contributed by atoms with Gasteiger partial charge in [0.05, 0.1) is 23.2 Å². The molecule has 3 rings (SSSR count). The number of rotatable bonds is 4. The third-order valence-electron chi connectivity index (χ3n) is 3.20. The van der Waals surface area contributed by atoms with Crippen LogP contribution in [0.5, 0.6) is 0 Å². The van der Waals surface area contributed by atoms with Gasteiger partial charge >= 0.3 is 5.97 Å². The smallest absolute Gasteiger partial charge is 0.333 e. The largest absolute Gasteiger partial charge is 0.361 e. The van der Waals surface area contributed by atoms with Gasteiger partial charge in [0.1, 0.15) is 5.76 Å². The lowest BCUT2D eigenvalue weighted by Crippen LogP contribution is -2.32. The van der Waals surface area contributed by atoms with Crippen molar-refractivity contribution < 1.29 is 23.7 Å². The molecule has 0 aliphatic carbocycles. The van der Waals surface area contributed by atoms with E-state index in [1.807, 2.05) is 0 Å². The fraction of sp³-hybridized carbons (Fsp3) is 0.200. The van der Waals surface area contributed by atoms with E-state index in [4.69, 9.17) is 9.36 Å². The topological polar surface area (TPSA) is 89.7 Å². The molecule has 22 heavy (non-hydrogen) atoms. The van der Waals surface area contributed by atoms with Crippen LogP contribution in [0.3, 0.4) is 0 Å². The number of aryl methyl sites for hydroxylation is 2. The molecule has 0 saturated carbocycles. The van der Waals surface area contributed by atoms with Crippen molar-refractivity contribution in [2.75, 3.05) is 0 Å². The van der Waals surface area contributed by atoms with Gasteiger partial charge in [-0.15, -0.1) is 0 Å². The Morgan fingerprint density at radius 1 is 1.23 bits per heavy atom. The number of amides is 2. The number of carbonyl (C=O) groups excluding carboxylic acids is 3. The molecule has 0 unspecified atom stereocenters. The molecule has 2 heterocycles. The molecule has 0 atom stereocenters. The summed E-state index contributed by atoms with van der Waals surface area (Å²) >= 11 is 0. The van der Waals surface area contributed by atoms with E-state index >= 15 is 0 Å². The standard InChI is InChI=1S/C15H12N2O5/c1-9-8-10(21-16-9)6-7-13(18)22-17-14(19)11-4-2-3-5-12(11)15(17)20/h2-5,8H,6-7H2,1H3. The molecule has 7 nitrogen and oxygen atoms in total. The number of hydrogen-bond acceptors (Lipinski definition) is 6. The summed E-state index contributed by atoms with van der Waals surface area (Å²) in [7, 11) is 0. The van der Waals surface area contributed by atoms with Crippen LogP contribution >= 0.6 is 0 Å². The Bertz CT molecular complexity index is 730. The van der Waals surface area contributed by atoms with Crippen LogP contribution in [0.1, 0.15) is 38.6 Å². The van der Waals surface area contributed by atoms with Crippen LogP contribution in [-0.4, -0.2) is 28.0 Å². The van der Waals surface area contributed by atoms with Crippen molar-refractivity contribution in [2.45, 2.75) is 19.8 Å². The Labute approximate surface area is 125 Å². The number of carbonyl (C=O) groups is 3. The van der Waals surface area contributed by atoms with Gasteiger partial charge in [0.25, 0.3) is 11.8 Å². The Balaban J connectivity index is 1.63. The lowest BCUT2D eigenvalue weighted by molar-refractivity contribution is -0.168. The van der Waals surface area contributed by atoms with E-state index in [2.05, 4.69) is 5.16 Å². The van der Waals surface area contributed by atoms with Crippen LogP contribution in [0.25, 0.3) is 0 Å². The molecule has 7 heteroatoms. The van der Waals surface area contributed by atoms with Gasteiger partial charge in [0.15, 0.2) is 0 Å². The van der Waals surface area contributed by atoms with Crippen molar-refractivity contribution >= 4 is 17.8 Å². The Hall–Kier alpha value is -2.96. The number of hydroxylamine groups is 2. The molecule has 2 amide bonds. The van der Waals surface area contributed by atoms with Crippen molar-refractivity contribution in [3.8, 4) is 0 Å². The van der Waals surface area contributed by atoms with Crippen molar-refractivity contribution in [3.63, 3.8) is 0 Å². The van der Waals surface area contributed by atoms with Gasteiger partial charge in [0.2, 0.25) is 0 Å². The van der Waals surface area contributed by atoms with Crippen LogP contribution in [0.15, 0.2) is 34.9 Å². The van der Waals surface area contributed by atoms with Crippen LogP contribution in [0, 0.1) is 6.92 Å². The van der Waals surface area contributed by atoms with Crippen molar-refractivity contribution in [1.29, 1.82) is 0 Å². The van der Waals surface area contributed by atoms with E-state index in [9.17, 15) is 14.4 Å². The first-order valence-electron chi connectivity index (χ1n) is 6.67. The van der Waals surface area contributed by atoms with Crippen LogP contribution < -0.4 is 0 Å². The van der Waals surface area contributed by atoms with Crippen molar-refractivity contribution in [1.82, 2.24) is 10.2 Å². The van der Waals surface area contributed by atoms with Crippen LogP contribution in [0.4, 0.5) is 0 Å². The molecule has 2 aromatic rings. The number of nitrogens with zero attached hydrogens (tertiary/aromatic N) is 2. The summed E-state index contributed by atoms with van der Waals surface area (Å²) in [5.74, 6) is -1.42. The molecule has 0 bridgehead atoms. The Morgan fingerprint density at radius 2 is 1.86 bits per heavy atom. The van der Waals surface area contributed by atoms with Gasteiger partial charge in [-0.05, 0) is 19.1 Å². The number of aromatic nitrogens is 1. The molecule has 1 aliphatic rings. The highest BCUT2D eigenvalue weighted by atomic mass is 16.7. The second-order valence-corrected chi connectivity index (χ2v) is 4.85. The molecule has 0 N–H and O–H groups in total. The molecular formula is C15H12N2O5. The minimum Gasteiger partial charge on any atom is -0.361 e. The van der Waals surface area contributed by atoms with Gasteiger partial charge in [-0.25, -0.2) is 4.79 Å². The maximum Gasteiger partial charge on any atom is 0.333 e. The normalized spacial score (nSPS) is 13.4. The third kappa shape index (κ3) is 2.48. The SMILES string of the molecule is Cc1cc(CCC(=O)ON2C(=O)c3ccccc3C2=O)on1. The summed E-state index contributed by atoms with van der Waals surface area (Å²) in [6, 6.07) is 8.01. The minimum atomic E-state index is -0.691. The summed E-state index contributed by atoms with van der Waals surface area (Å²) in [5.41, 5.74) is 1.17. The van der Waals surface area contributed by atoms with Gasteiger partial charge in [-0.1, -0.05) is 22.4 Å². The number of hydrogen-bond donors (Lipinski definition) is 0. The number of fused-ring (bicyclic) bond motifs is 1. The predicted octanol–water partition coefficient (Wildman–Crippen LogP) is 1.67. The van der Waals surface area contributed by atoms with Crippen molar-refractivity contribution in [3.05, 3.63) is 52.9 Å². The molecule has 0 saturated heterocycles. The quantitative estimate of drug-likeness (QED) is 0.798. The zero-order chi connectivity index (χ0) is 15.7. The summed E-state index contributed by atoms with van der Waals surface area (Å²) in [4.78, 5) is 40.7. The summed E-state index contributed by atoms with van der Waals surface area (Å²) in [5, 5.41) is 4.20. The Kier molecular flexibility index (Phi) is 3.46. The Morgan fingerprint density at radius 3 is 2.41 bits per heavy atom. The fourth-order valence-electron chi connectivity index (χ4n) is 2.16. The fourth-order valence-corrected chi connectivity index (χ4v) is 2.16. The first-order chi connectivity index (χ1) is 10.6. The molecule has 0 fully saturated rings. The third-order valence-corrected chi connectivity index (χ3v) is 3.20. The summed E-state index contributed by atoms with van der Waals surface area (Å²) in [6.07, 6.45) is 0.255. The van der Waals surface area contributed by atoms with E-state index in [1.165, 1.54) is 12.1 Å². The predicted molar refractivity (Wildman–Crippen MR) is 72.6 cm³/mol. The lowest BCUT2D eigenvalue weighted by atomic mass is 10.1. The first-order valence-corrected chi connectivity index (χ1v) is 6.67. The highest BCUT2D eigenvalue weighted by Crippen LogP contribution is 2.22. The zero-order valence-corrected chi connectivity index (χ0v) is 11.7. The second kappa shape index (κ2) is 5.44. The highest BCUT2D eigenvalue weighted by Gasteiger charge is 2.38. The van der Waals surface area contributed by atoms with E-state index in [-0.39, 0.29) is 24.0 Å². The number of benzene rings is 1. The monoisotopic (exact) mass is 300 g/mol.